The summed E-state index contributed by atoms with van der Waals surface area (Å²) in [6.45, 7) is -1.11. The Morgan fingerprint density at radius 3 is 2.50 bits per heavy atom. The van der Waals surface area contributed by atoms with Crippen molar-refractivity contribution in [2.45, 2.75) is 17.4 Å². The summed E-state index contributed by atoms with van der Waals surface area (Å²) < 4.78 is 60.6. The lowest BCUT2D eigenvalue weighted by Gasteiger charge is -2.38. The molecule has 1 unspecified atom stereocenters. The number of halogens is 2. The Labute approximate surface area is 206 Å². The van der Waals surface area contributed by atoms with Crippen molar-refractivity contribution in [1.82, 2.24) is 9.62 Å². The first-order valence-electron chi connectivity index (χ1n) is 10.9. The summed E-state index contributed by atoms with van der Waals surface area (Å²) in [6, 6.07) is 14.3. The number of benzene rings is 3. The van der Waals surface area contributed by atoms with Gasteiger partial charge in [-0.2, -0.15) is 0 Å². The summed E-state index contributed by atoms with van der Waals surface area (Å²) in [7, 11) is -4.18. The number of aliphatic carboxylic acids is 1. The molecular formula is C25H22F2N2O6S. The normalized spacial score (nSPS) is 15.3. The van der Waals surface area contributed by atoms with Crippen LogP contribution in [0.25, 0.3) is 0 Å². The van der Waals surface area contributed by atoms with Crippen LogP contribution in [0.1, 0.15) is 22.7 Å². The van der Waals surface area contributed by atoms with Crippen LogP contribution in [0.2, 0.25) is 0 Å². The molecule has 11 heteroatoms. The third-order valence-corrected chi connectivity index (χ3v) is 7.14. The highest BCUT2D eigenvalue weighted by atomic mass is 32.2. The quantitative estimate of drug-likeness (QED) is 0.476. The Hall–Kier alpha value is -3.83. The van der Waals surface area contributed by atoms with Crippen LogP contribution < -0.4 is 9.46 Å². The highest BCUT2D eigenvalue weighted by molar-refractivity contribution is 7.89. The number of nitrogens with one attached hydrogen (secondary N) is 1. The molecule has 0 fully saturated rings. The minimum atomic E-state index is -4.18. The molecule has 0 saturated heterocycles. The molecule has 3 aromatic carbocycles. The summed E-state index contributed by atoms with van der Waals surface area (Å²) >= 11 is 0. The van der Waals surface area contributed by atoms with Gasteiger partial charge in [0.05, 0.1) is 17.5 Å². The average Bonchev–Trinajstić information content (AvgIpc) is 2.85. The molecule has 36 heavy (non-hydrogen) atoms. The zero-order chi connectivity index (χ0) is 25.9. The van der Waals surface area contributed by atoms with E-state index in [0.717, 1.165) is 23.8 Å². The number of hydrogen-bond acceptors (Lipinski definition) is 5. The first-order chi connectivity index (χ1) is 17.2. The van der Waals surface area contributed by atoms with Crippen LogP contribution in [0.15, 0.2) is 71.6 Å². The number of sulfonamides is 1. The van der Waals surface area contributed by atoms with Gasteiger partial charge in [0, 0.05) is 12.1 Å². The van der Waals surface area contributed by atoms with E-state index in [0.29, 0.717) is 12.0 Å². The molecule has 3 aromatic rings. The van der Waals surface area contributed by atoms with Crippen LogP contribution in [-0.4, -0.2) is 50.0 Å². The summed E-state index contributed by atoms with van der Waals surface area (Å²) in [4.78, 5) is 25.4. The zero-order valence-electron chi connectivity index (χ0n) is 18.9. The van der Waals surface area contributed by atoms with Crippen molar-refractivity contribution >= 4 is 21.9 Å². The molecule has 0 radical (unpaired) electrons. The van der Waals surface area contributed by atoms with Crippen molar-refractivity contribution < 1.29 is 36.6 Å². The Morgan fingerprint density at radius 2 is 1.75 bits per heavy atom. The lowest BCUT2D eigenvalue weighted by atomic mass is 9.87. The molecule has 8 nitrogen and oxygen atoms in total. The molecule has 1 heterocycles. The summed E-state index contributed by atoms with van der Waals surface area (Å²) in [5, 5.41) is 9.03. The van der Waals surface area contributed by atoms with Crippen LogP contribution in [0.4, 0.5) is 8.78 Å². The molecule has 4 rings (SSSR count). The molecule has 0 aliphatic carbocycles. The van der Waals surface area contributed by atoms with Crippen LogP contribution in [0.3, 0.4) is 0 Å². The molecule has 188 valence electrons. The molecule has 0 saturated carbocycles. The fourth-order valence-corrected chi connectivity index (χ4v) is 5.16. The zero-order valence-corrected chi connectivity index (χ0v) is 19.7. The fraction of sp³-hybridized carbons (Fsp3) is 0.200. The van der Waals surface area contributed by atoms with E-state index in [9.17, 15) is 26.8 Å². The van der Waals surface area contributed by atoms with Gasteiger partial charge in [-0.05, 0) is 53.9 Å². The third-order valence-electron chi connectivity index (χ3n) is 5.74. The summed E-state index contributed by atoms with van der Waals surface area (Å²) in [5.74, 6) is -3.11. The second-order valence-electron chi connectivity index (χ2n) is 8.08. The number of carbonyl (C=O) groups is 2. The SMILES string of the molecule is O=C(O)COc1ccc(F)cc1C1c2ccccc2CCN1C(=O)CNS(=O)(=O)c1cccc(F)c1. The molecular weight excluding hydrogens is 494 g/mol. The summed E-state index contributed by atoms with van der Waals surface area (Å²) in [5.41, 5.74) is 1.81. The van der Waals surface area contributed by atoms with Gasteiger partial charge in [0.25, 0.3) is 0 Å². The number of carbonyl (C=O) groups excluding carboxylic acids is 1. The standard InChI is InChI=1S/C25H22F2N2O6S/c26-17-5-3-6-19(12-17)36(33,34)28-14-23(30)29-11-10-16-4-1-2-7-20(16)25(29)21-13-18(27)8-9-22(21)35-15-24(31)32/h1-9,12-13,25,28H,10-11,14-15H2,(H,31,32). The number of amides is 1. The van der Waals surface area contributed by atoms with Gasteiger partial charge in [-0.3, -0.25) is 4.79 Å². The molecule has 1 aliphatic heterocycles. The monoisotopic (exact) mass is 516 g/mol. The van der Waals surface area contributed by atoms with Crippen LogP contribution >= 0.6 is 0 Å². The van der Waals surface area contributed by atoms with Crippen molar-refractivity contribution in [3.05, 3.63) is 95.1 Å². The predicted molar refractivity (Wildman–Crippen MR) is 125 cm³/mol. The number of hydrogen-bond donors (Lipinski definition) is 2. The molecule has 0 spiro atoms. The molecule has 1 aliphatic rings. The number of ether oxygens (including phenoxy) is 1. The largest absolute Gasteiger partial charge is 0.482 e. The van der Waals surface area contributed by atoms with Gasteiger partial charge in [0.1, 0.15) is 17.4 Å². The first-order valence-corrected chi connectivity index (χ1v) is 12.4. The van der Waals surface area contributed by atoms with Gasteiger partial charge < -0.3 is 14.7 Å². The maximum absolute atomic E-state index is 14.3. The van der Waals surface area contributed by atoms with Crippen molar-refractivity contribution in [3.8, 4) is 5.75 Å². The van der Waals surface area contributed by atoms with Gasteiger partial charge in [-0.25, -0.2) is 26.7 Å². The molecule has 0 aromatic heterocycles. The second kappa shape index (κ2) is 10.4. The molecule has 1 amide bonds. The predicted octanol–water partition coefficient (Wildman–Crippen LogP) is 2.88. The minimum absolute atomic E-state index is 0.0821. The van der Waals surface area contributed by atoms with Crippen LogP contribution in [0.5, 0.6) is 5.75 Å². The Morgan fingerprint density at radius 1 is 1.00 bits per heavy atom. The third kappa shape index (κ3) is 5.52. The van der Waals surface area contributed by atoms with Crippen molar-refractivity contribution in [3.63, 3.8) is 0 Å². The van der Waals surface area contributed by atoms with Gasteiger partial charge in [-0.15, -0.1) is 0 Å². The van der Waals surface area contributed by atoms with E-state index in [1.165, 1.54) is 29.2 Å². The van der Waals surface area contributed by atoms with E-state index in [4.69, 9.17) is 9.84 Å². The van der Waals surface area contributed by atoms with Gasteiger partial charge in [0.15, 0.2) is 6.61 Å². The minimum Gasteiger partial charge on any atom is -0.482 e. The molecule has 0 bridgehead atoms. The Kier molecular flexibility index (Phi) is 7.32. The van der Waals surface area contributed by atoms with Crippen LogP contribution in [-0.2, 0) is 26.0 Å². The van der Waals surface area contributed by atoms with Crippen molar-refractivity contribution in [1.29, 1.82) is 0 Å². The maximum atomic E-state index is 14.3. The first kappa shape index (κ1) is 25.3. The van der Waals surface area contributed by atoms with E-state index in [1.807, 2.05) is 12.1 Å². The number of carboxylic acid groups (broad SMARTS) is 1. The Balaban J connectivity index is 1.67. The molecule has 1 atom stereocenters. The highest BCUT2D eigenvalue weighted by Gasteiger charge is 2.34. The van der Waals surface area contributed by atoms with E-state index < -0.39 is 52.7 Å². The van der Waals surface area contributed by atoms with E-state index in [-0.39, 0.29) is 22.8 Å². The number of fused-ring (bicyclic) bond motifs is 1. The summed E-state index contributed by atoms with van der Waals surface area (Å²) in [6.07, 6.45) is 0.468. The van der Waals surface area contributed by atoms with Crippen LogP contribution in [0, 0.1) is 11.6 Å². The number of carboxylic acids is 1. The number of rotatable bonds is 8. The van der Waals surface area contributed by atoms with E-state index in [1.54, 1.807) is 12.1 Å². The highest BCUT2D eigenvalue weighted by Crippen LogP contribution is 2.39. The Bertz CT molecular complexity index is 1410. The lowest BCUT2D eigenvalue weighted by Crippen LogP contribution is -2.45. The van der Waals surface area contributed by atoms with Gasteiger partial charge >= 0.3 is 5.97 Å². The van der Waals surface area contributed by atoms with Gasteiger partial charge in [-0.1, -0.05) is 30.3 Å². The smallest absolute Gasteiger partial charge is 0.341 e. The van der Waals surface area contributed by atoms with Crippen molar-refractivity contribution in [2.24, 2.45) is 0 Å². The number of nitrogens with zero attached hydrogens (tertiary/aromatic N) is 1. The maximum Gasteiger partial charge on any atom is 0.341 e. The average molecular weight is 517 g/mol. The van der Waals surface area contributed by atoms with E-state index in [2.05, 4.69) is 4.72 Å². The molecule has 2 N–H and O–H groups in total. The van der Waals surface area contributed by atoms with Crippen molar-refractivity contribution in [2.75, 3.05) is 19.7 Å². The van der Waals surface area contributed by atoms with Gasteiger partial charge in [0.2, 0.25) is 15.9 Å². The fourth-order valence-electron chi connectivity index (χ4n) is 4.15. The lowest BCUT2D eigenvalue weighted by molar-refractivity contribution is -0.139. The second-order valence-corrected chi connectivity index (χ2v) is 9.85. The topological polar surface area (TPSA) is 113 Å². The van der Waals surface area contributed by atoms with E-state index >= 15 is 0 Å².